The number of carbonyl (C=O) groups excluding carboxylic acids is 1. The summed E-state index contributed by atoms with van der Waals surface area (Å²) in [6.45, 7) is 7.24. The third-order valence-corrected chi connectivity index (χ3v) is 5.94. The van der Waals surface area contributed by atoms with E-state index in [4.69, 9.17) is 0 Å². The molecule has 0 bridgehead atoms. The van der Waals surface area contributed by atoms with Crippen LogP contribution < -0.4 is 10.6 Å². The Morgan fingerprint density at radius 1 is 1.26 bits per heavy atom. The Morgan fingerprint density at radius 3 is 2.74 bits per heavy atom. The third kappa shape index (κ3) is 2.90. The Kier molecular flexibility index (Phi) is 4.12. The van der Waals surface area contributed by atoms with Gasteiger partial charge in [-0.05, 0) is 61.4 Å². The summed E-state index contributed by atoms with van der Waals surface area (Å²) in [6.07, 6.45) is 1.94. The summed E-state index contributed by atoms with van der Waals surface area (Å²) in [7, 11) is 0. The van der Waals surface area contributed by atoms with E-state index in [2.05, 4.69) is 46.7 Å². The minimum absolute atomic E-state index is 0.00145. The van der Waals surface area contributed by atoms with Gasteiger partial charge in [0.15, 0.2) is 0 Å². The first-order valence-electron chi connectivity index (χ1n) is 9.07. The zero-order valence-electron chi connectivity index (χ0n) is 13.9. The van der Waals surface area contributed by atoms with E-state index in [1.807, 2.05) is 0 Å². The van der Waals surface area contributed by atoms with Gasteiger partial charge in [-0.15, -0.1) is 0 Å². The maximum atomic E-state index is 12.8. The second-order valence-corrected chi connectivity index (χ2v) is 7.35. The number of nitrogens with zero attached hydrogens (tertiary/aromatic N) is 1. The average Bonchev–Trinajstić information content (AvgIpc) is 3.00. The monoisotopic (exact) mass is 313 g/mol. The van der Waals surface area contributed by atoms with E-state index in [1.54, 1.807) is 0 Å². The van der Waals surface area contributed by atoms with E-state index in [9.17, 15) is 4.79 Å². The molecule has 0 aromatic heterocycles. The largest absolute Gasteiger partial charge is 0.354 e. The summed E-state index contributed by atoms with van der Waals surface area (Å²) < 4.78 is 0. The van der Waals surface area contributed by atoms with Gasteiger partial charge in [0, 0.05) is 13.1 Å². The molecule has 2 heterocycles. The van der Waals surface area contributed by atoms with Crippen molar-refractivity contribution in [3.8, 4) is 0 Å². The Morgan fingerprint density at radius 2 is 2.00 bits per heavy atom. The average molecular weight is 313 g/mol. The molecule has 2 fully saturated rings. The first-order valence-corrected chi connectivity index (χ1v) is 9.07. The molecule has 1 aliphatic carbocycles. The summed E-state index contributed by atoms with van der Waals surface area (Å²) in [5.41, 5.74) is 2.72. The van der Waals surface area contributed by atoms with Crippen molar-refractivity contribution >= 4 is 5.91 Å². The van der Waals surface area contributed by atoms with Gasteiger partial charge in [0.05, 0.1) is 6.04 Å². The van der Waals surface area contributed by atoms with Crippen LogP contribution in [0.2, 0.25) is 0 Å². The maximum absolute atomic E-state index is 12.8. The Hall–Kier alpha value is -1.39. The highest BCUT2D eigenvalue weighted by Crippen LogP contribution is 2.48. The third-order valence-electron chi connectivity index (χ3n) is 5.94. The molecule has 3 aliphatic rings. The number of fused-ring (bicyclic) bond motifs is 2. The number of rotatable bonds is 5. The van der Waals surface area contributed by atoms with Crippen LogP contribution in [0.5, 0.6) is 0 Å². The van der Waals surface area contributed by atoms with Crippen molar-refractivity contribution in [1.29, 1.82) is 0 Å². The van der Waals surface area contributed by atoms with Crippen LogP contribution in [0, 0.1) is 17.8 Å². The molecule has 124 valence electrons. The molecule has 2 N–H and O–H groups in total. The standard InChI is InChI=1S/C19H27N3O/c1-2-7-22-12-14-6-4-3-5-13(14)8-18(22)19(23)21-11-17-15-9-20-10-16(15)17/h3-6,15-18,20H,2,7-12H2,1H3,(H,21,23). The van der Waals surface area contributed by atoms with Crippen molar-refractivity contribution < 1.29 is 4.79 Å². The molecule has 1 saturated heterocycles. The SMILES string of the molecule is CCCN1Cc2ccccc2CC1C(=O)NCC1C2CNCC21. The molecule has 3 unspecified atom stereocenters. The highest BCUT2D eigenvalue weighted by molar-refractivity contribution is 5.82. The minimum atomic E-state index is 0.00145. The Balaban J connectivity index is 1.40. The fourth-order valence-corrected chi connectivity index (χ4v) is 4.54. The molecule has 0 spiro atoms. The van der Waals surface area contributed by atoms with E-state index < -0.39 is 0 Å². The summed E-state index contributed by atoms with van der Waals surface area (Å²) in [5.74, 6) is 2.57. The molecule has 4 nitrogen and oxygen atoms in total. The number of nitrogens with one attached hydrogen (secondary N) is 2. The van der Waals surface area contributed by atoms with Gasteiger partial charge >= 0.3 is 0 Å². The second kappa shape index (κ2) is 6.25. The first-order chi connectivity index (χ1) is 11.3. The van der Waals surface area contributed by atoms with Gasteiger partial charge in [0.25, 0.3) is 0 Å². The molecular formula is C19H27N3O. The second-order valence-electron chi connectivity index (χ2n) is 7.35. The predicted octanol–water partition coefficient (Wildman–Crippen LogP) is 1.40. The normalized spacial score (nSPS) is 32.2. The van der Waals surface area contributed by atoms with Crippen LogP contribution in [-0.4, -0.2) is 43.0 Å². The molecule has 1 aromatic carbocycles. The molecule has 0 radical (unpaired) electrons. The lowest BCUT2D eigenvalue weighted by Crippen LogP contribution is -2.51. The van der Waals surface area contributed by atoms with Crippen molar-refractivity contribution in [3.63, 3.8) is 0 Å². The fraction of sp³-hybridized carbons (Fsp3) is 0.632. The predicted molar refractivity (Wildman–Crippen MR) is 91.0 cm³/mol. The van der Waals surface area contributed by atoms with E-state index in [0.29, 0.717) is 0 Å². The van der Waals surface area contributed by atoms with Crippen LogP contribution in [0.4, 0.5) is 0 Å². The lowest BCUT2D eigenvalue weighted by Gasteiger charge is -2.35. The lowest BCUT2D eigenvalue weighted by molar-refractivity contribution is -0.127. The molecule has 4 rings (SSSR count). The summed E-state index contributed by atoms with van der Waals surface area (Å²) in [4.78, 5) is 15.1. The lowest BCUT2D eigenvalue weighted by atomic mass is 9.93. The van der Waals surface area contributed by atoms with E-state index in [-0.39, 0.29) is 11.9 Å². The Bertz CT molecular complexity index is 578. The quantitative estimate of drug-likeness (QED) is 0.864. The van der Waals surface area contributed by atoms with Crippen molar-refractivity contribution in [2.24, 2.45) is 17.8 Å². The molecule has 3 atom stereocenters. The minimum Gasteiger partial charge on any atom is -0.354 e. The van der Waals surface area contributed by atoms with Gasteiger partial charge in [-0.25, -0.2) is 0 Å². The van der Waals surface area contributed by atoms with Gasteiger partial charge in [-0.2, -0.15) is 0 Å². The highest BCUT2D eigenvalue weighted by Gasteiger charge is 2.52. The molecule has 4 heteroatoms. The van der Waals surface area contributed by atoms with Gasteiger partial charge in [0.1, 0.15) is 0 Å². The van der Waals surface area contributed by atoms with Gasteiger partial charge in [-0.3, -0.25) is 9.69 Å². The van der Waals surface area contributed by atoms with Crippen LogP contribution >= 0.6 is 0 Å². The van der Waals surface area contributed by atoms with Crippen molar-refractivity contribution in [2.75, 3.05) is 26.2 Å². The van der Waals surface area contributed by atoms with Crippen molar-refractivity contribution in [2.45, 2.75) is 32.4 Å². The van der Waals surface area contributed by atoms with Crippen molar-refractivity contribution in [1.82, 2.24) is 15.5 Å². The number of amides is 1. The number of carbonyl (C=O) groups is 1. The molecule has 23 heavy (non-hydrogen) atoms. The molecule has 1 amide bonds. The van der Waals surface area contributed by atoms with Crippen LogP contribution in [-0.2, 0) is 17.8 Å². The highest BCUT2D eigenvalue weighted by atomic mass is 16.2. The van der Waals surface area contributed by atoms with Crippen molar-refractivity contribution in [3.05, 3.63) is 35.4 Å². The summed E-state index contributed by atoms with van der Waals surface area (Å²) in [6, 6.07) is 8.56. The molecule has 1 aromatic rings. The fourth-order valence-electron chi connectivity index (χ4n) is 4.54. The number of hydrogen-bond donors (Lipinski definition) is 2. The van der Waals surface area contributed by atoms with E-state index in [0.717, 1.165) is 63.3 Å². The van der Waals surface area contributed by atoms with Gasteiger partial charge in [-0.1, -0.05) is 31.2 Å². The van der Waals surface area contributed by atoms with Crippen LogP contribution in [0.1, 0.15) is 24.5 Å². The van der Waals surface area contributed by atoms with E-state index >= 15 is 0 Å². The van der Waals surface area contributed by atoms with Crippen LogP contribution in [0.3, 0.4) is 0 Å². The topological polar surface area (TPSA) is 44.4 Å². The van der Waals surface area contributed by atoms with E-state index in [1.165, 1.54) is 11.1 Å². The summed E-state index contributed by atoms with van der Waals surface area (Å²) in [5, 5.41) is 6.67. The first kappa shape index (κ1) is 15.2. The molecular weight excluding hydrogens is 286 g/mol. The molecule has 1 saturated carbocycles. The smallest absolute Gasteiger partial charge is 0.237 e. The maximum Gasteiger partial charge on any atom is 0.237 e. The number of benzene rings is 1. The zero-order valence-corrected chi connectivity index (χ0v) is 13.9. The summed E-state index contributed by atoms with van der Waals surface area (Å²) >= 11 is 0. The molecule has 2 aliphatic heterocycles. The number of hydrogen-bond acceptors (Lipinski definition) is 3. The van der Waals surface area contributed by atoms with Crippen LogP contribution in [0.15, 0.2) is 24.3 Å². The van der Waals surface area contributed by atoms with Gasteiger partial charge in [0.2, 0.25) is 5.91 Å². The number of piperidine rings is 1. The van der Waals surface area contributed by atoms with Crippen LogP contribution in [0.25, 0.3) is 0 Å². The zero-order chi connectivity index (χ0) is 15.8. The Labute approximate surface area is 138 Å². The van der Waals surface area contributed by atoms with Gasteiger partial charge < -0.3 is 10.6 Å².